The van der Waals surface area contributed by atoms with Crippen LogP contribution in [0.5, 0.6) is 11.5 Å². The van der Waals surface area contributed by atoms with Gasteiger partial charge >= 0.3 is 0 Å². The number of phenols is 1. The van der Waals surface area contributed by atoms with Crippen molar-refractivity contribution in [3.05, 3.63) is 95.6 Å². The van der Waals surface area contributed by atoms with Gasteiger partial charge in [0.15, 0.2) is 0 Å². The van der Waals surface area contributed by atoms with Crippen molar-refractivity contribution in [2.75, 3.05) is 0 Å². The van der Waals surface area contributed by atoms with Gasteiger partial charge in [-0.25, -0.2) is 5.01 Å². The minimum Gasteiger partial charge on any atom is -0.508 e. The molecule has 2 aliphatic rings. The first kappa shape index (κ1) is 15.0. The molecule has 0 fully saturated rings. The number of benzene rings is 3. The quantitative estimate of drug-likeness (QED) is 0.738. The van der Waals surface area contributed by atoms with Crippen molar-refractivity contribution in [1.29, 1.82) is 0 Å². The smallest absolute Gasteiger partial charge is 0.213 e. The maximum absolute atomic E-state index is 9.61. The van der Waals surface area contributed by atoms with Crippen molar-refractivity contribution >= 4 is 5.71 Å². The SMILES string of the molecule is Oc1ccc([C@@H]2Oc3ccccc3[C@H]3CC(c4ccccc4)=NN32)cc1. The molecule has 4 heteroatoms. The van der Waals surface area contributed by atoms with E-state index < -0.39 is 0 Å². The molecule has 1 N–H and O–H groups in total. The van der Waals surface area contributed by atoms with Crippen molar-refractivity contribution in [2.24, 2.45) is 5.10 Å². The van der Waals surface area contributed by atoms with Gasteiger partial charge in [-0.15, -0.1) is 0 Å². The van der Waals surface area contributed by atoms with Gasteiger partial charge in [0, 0.05) is 17.5 Å². The van der Waals surface area contributed by atoms with Gasteiger partial charge in [0.1, 0.15) is 11.5 Å². The van der Waals surface area contributed by atoms with Crippen LogP contribution in [0.3, 0.4) is 0 Å². The lowest BCUT2D eigenvalue weighted by Gasteiger charge is -2.38. The second-order valence-corrected chi connectivity index (χ2v) is 6.61. The highest BCUT2D eigenvalue weighted by atomic mass is 16.5. The molecular formula is C22H18N2O2. The van der Waals surface area contributed by atoms with Gasteiger partial charge in [-0.1, -0.05) is 48.5 Å². The van der Waals surface area contributed by atoms with Crippen molar-refractivity contribution < 1.29 is 9.84 Å². The Morgan fingerprint density at radius 1 is 0.885 bits per heavy atom. The highest BCUT2D eigenvalue weighted by Crippen LogP contribution is 2.47. The summed E-state index contributed by atoms with van der Waals surface area (Å²) in [5.41, 5.74) is 4.35. The Labute approximate surface area is 152 Å². The molecule has 0 amide bonds. The summed E-state index contributed by atoms with van der Waals surface area (Å²) >= 11 is 0. The van der Waals surface area contributed by atoms with Crippen LogP contribution < -0.4 is 4.74 Å². The second kappa shape index (κ2) is 5.92. The summed E-state index contributed by atoms with van der Waals surface area (Å²) in [6, 6.07) is 25.8. The van der Waals surface area contributed by atoms with Crippen LogP contribution in [0.1, 0.15) is 35.4 Å². The molecule has 4 nitrogen and oxygen atoms in total. The molecule has 3 aromatic rings. The molecule has 0 saturated carbocycles. The number of hydrogen-bond donors (Lipinski definition) is 1. The van der Waals surface area contributed by atoms with E-state index in [1.54, 1.807) is 12.1 Å². The number of aromatic hydroxyl groups is 1. The number of fused-ring (bicyclic) bond motifs is 3. The third kappa shape index (κ3) is 2.42. The summed E-state index contributed by atoms with van der Waals surface area (Å²) in [7, 11) is 0. The fourth-order valence-corrected chi connectivity index (χ4v) is 3.70. The van der Waals surface area contributed by atoms with Gasteiger partial charge < -0.3 is 9.84 Å². The van der Waals surface area contributed by atoms with Crippen molar-refractivity contribution in [3.8, 4) is 11.5 Å². The number of nitrogens with zero attached hydrogens (tertiary/aromatic N) is 2. The van der Waals surface area contributed by atoms with Crippen molar-refractivity contribution in [2.45, 2.75) is 18.7 Å². The van der Waals surface area contributed by atoms with Crippen LogP contribution in [-0.2, 0) is 0 Å². The summed E-state index contributed by atoms with van der Waals surface area (Å²) < 4.78 is 6.29. The minimum atomic E-state index is -0.309. The monoisotopic (exact) mass is 342 g/mol. The number of rotatable bonds is 2. The van der Waals surface area contributed by atoms with Gasteiger partial charge in [0.25, 0.3) is 0 Å². The summed E-state index contributed by atoms with van der Waals surface area (Å²) in [4.78, 5) is 0. The number of ether oxygens (including phenoxy) is 1. The molecule has 2 heterocycles. The lowest BCUT2D eigenvalue weighted by atomic mass is 9.96. The van der Waals surface area contributed by atoms with E-state index in [9.17, 15) is 5.11 Å². The molecule has 3 aromatic carbocycles. The van der Waals surface area contributed by atoms with Gasteiger partial charge in [0.2, 0.25) is 6.23 Å². The van der Waals surface area contributed by atoms with E-state index in [0.717, 1.165) is 34.6 Å². The fraction of sp³-hybridized carbons (Fsp3) is 0.136. The third-order valence-corrected chi connectivity index (χ3v) is 4.98. The molecule has 5 rings (SSSR count). The van der Waals surface area contributed by atoms with E-state index >= 15 is 0 Å². The maximum atomic E-state index is 9.61. The first-order valence-corrected chi connectivity index (χ1v) is 8.75. The van der Waals surface area contributed by atoms with Crippen LogP contribution in [0.2, 0.25) is 0 Å². The zero-order chi connectivity index (χ0) is 17.5. The van der Waals surface area contributed by atoms with Crippen molar-refractivity contribution in [3.63, 3.8) is 0 Å². The van der Waals surface area contributed by atoms with Crippen LogP contribution >= 0.6 is 0 Å². The Balaban J connectivity index is 1.60. The second-order valence-electron chi connectivity index (χ2n) is 6.61. The summed E-state index contributed by atoms with van der Waals surface area (Å²) in [6.45, 7) is 0. The van der Waals surface area contributed by atoms with Crippen LogP contribution in [-0.4, -0.2) is 15.8 Å². The van der Waals surface area contributed by atoms with E-state index in [1.807, 2.05) is 48.5 Å². The zero-order valence-corrected chi connectivity index (χ0v) is 14.1. The Kier molecular flexibility index (Phi) is 3.42. The molecule has 0 bridgehead atoms. The Hall–Kier alpha value is -3.27. The largest absolute Gasteiger partial charge is 0.508 e. The first-order valence-electron chi connectivity index (χ1n) is 8.75. The lowest BCUT2D eigenvalue weighted by Crippen LogP contribution is -2.33. The van der Waals surface area contributed by atoms with Gasteiger partial charge in [-0.2, -0.15) is 5.10 Å². The number of hydrogen-bond acceptors (Lipinski definition) is 4. The van der Waals surface area contributed by atoms with E-state index in [-0.39, 0.29) is 18.0 Å². The minimum absolute atomic E-state index is 0.147. The van der Waals surface area contributed by atoms with E-state index in [4.69, 9.17) is 9.84 Å². The van der Waals surface area contributed by atoms with Gasteiger partial charge in [-0.3, -0.25) is 0 Å². The highest BCUT2D eigenvalue weighted by molar-refractivity contribution is 6.01. The third-order valence-electron chi connectivity index (χ3n) is 4.98. The molecule has 2 aliphatic heterocycles. The van der Waals surface area contributed by atoms with E-state index in [2.05, 4.69) is 23.2 Å². The predicted octanol–water partition coefficient (Wildman–Crippen LogP) is 4.63. The Morgan fingerprint density at radius 2 is 1.62 bits per heavy atom. The number of phenolic OH excluding ortho intramolecular Hbond substituents is 1. The molecule has 0 radical (unpaired) electrons. The average molecular weight is 342 g/mol. The van der Waals surface area contributed by atoms with Crippen LogP contribution in [0, 0.1) is 0 Å². The number of hydrazone groups is 1. The zero-order valence-electron chi connectivity index (χ0n) is 14.1. The fourth-order valence-electron chi connectivity index (χ4n) is 3.70. The summed E-state index contributed by atoms with van der Waals surface area (Å²) in [5, 5.41) is 16.6. The van der Waals surface area contributed by atoms with Crippen LogP contribution in [0.15, 0.2) is 84.0 Å². The average Bonchev–Trinajstić information content (AvgIpc) is 3.14. The first-order chi connectivity index (χ1) is 12.8. The molecular weight excluding hydrogens is 324 g/mol. The molecule has 2 atom stereocenters. The standard InChI is InChI=1S/C22H18N2O2/c25-17-12-10-16(11-13-17)22-24-20(18-8-4-5-9-21(18)26-22)14-19(23-24)15-6-2-1-3-7-15/h1-13,20,22,25H,14H2/t20-,22+/m1/s1. The predicted molar refractivity (Wildman–Crippen MR) is 100 cm³/mol. The molecule has 26 heavy (non-hydrogen) atoms. The molecule has 0 saturated heterocycles. The van der Waals surface area contributed by atoms with Crippen LogP contribution in [0.25, 0.3) is 0 Å². The summed E-state index contributed by atoms with van der Waals surface area (Å²) in [6.07, 6.45) is 0.538. The van der Waals surface area contributed by atoms with E-state index in [1.165, 1.54) is 0 Å². The normalized spacial score (nSPS) is 20.8. The lowest BCUT2D eigenvalue weighted by molar-refractivity contribution is -0.0190. The molecule has 0 aliphatic carbocycles. The topological polar surface area (TPSA) is 45.1 Å². The molecule has 0 unspecified atom stereocenters. The van der Waals surface area contributed by atoms with Gasteiger partial charge in [0.05, 0.1) is 11.8 Å². The van der Waals surface area contributed by atoms with Crippen molar-refractivity contribution in [1.82, 2.24) is 5.01 Å². The molecule has 128 valence electrons. The molecule has 0 spiro atoms. The maximum Gasteiger partial charge on any atom is 0.213 e. The van der Waals surface area contributed by atoms with Crippen LogP contribution in [0.4, 0.5) is 0 Å². The summed E-state index contributed by atoms with van der Waals surface area (Å²) in [5.74, 6) is 1.15. The van der Waals surface area contributed by atoms with E-state index in [0.29, 0.717) is 0 Å². The van der Waals surface area contributed by atoms with Gasteiger partial charge in [-0.05, 0) is 35.9 Å². The Morgan fingerprint density at radius 3 is 2.42 bits per heavy atom. The highest BCUT2D eigenvalue weighted by Gasteiger charge is 2.40. The molecule has 0 aromatic heterocycles. The number of para-hydroxylation sites is 1. The Bertz CT molecular complexity index is 967.